The molecule has 0 bridgehead atoms. The van der Waals surface area contributed by atoms with Crippen molar-refractivity contribution in [2.75, 3.05) is 6.61 Å². The van der Waals surface area contributed by atoms with Crippen molar-refractivity contribution in [3.05, 3.63) is 40.2 Å². The number of unbranched alkanes of at least 4 members (excludes halogenated alkanes) is 3. The molecule has 0 saturated heterocycles. The van der Waals surface area contributed by atoms with Gasteiger partial charge in [0.2, 0.25) is 0 Å². The number of nitriles is 1. The van der Waals surface area contributed by atoms with Crippen LogP contribution in [0.1, 0.15) is 38.2 Å². The van der Waals surface area contributed by atoms with Crippen LogP contribution in [-0.4, -0.2) is 6.61 Å². The summed E-state index contributed by atoms with van der Waals surface area (Å²) < 4.78 is 10.9. The molecule has 4 heteroatoms. The van der Waals surface area contributed by atoms with Crippen molar-refractivity contribution in [3.63, 3.8) is 0 Å². The zero-order chi connectivity index (χ0) is 14.4. The van der Waals surface area contributed by atoms with Gasteiger partial charge in [0.25, 0.3) is 0 Å². The van der Waals surface area contributed by atoms with Crippen molar-refractivity contribution in [2.45, 2.75) is 32.6 Å². The maximum absolute atomic E-state index is 11.6. The van der Waals surface area contributed by atoms with Crippen LogP contribution in [0.5, 0.6) is 5.75 Å². The molecule has 0 aliphatic rings. The summed E-state index contributed by atoms with van der Waals surface area (Å²) in [4.78, 5) is 11.6. The maximum atomic E-state index is 11.6. The lowest BCUT2D eigenvalue weighted by Crippen LogP contribution is -2.04. The Morgan fingerprint density at radius 3 is 2.90 bits per heavy atom. The summed E-state index contributed by atoms with van der Waals surface area (Å²) in [6, 6.07) is 8.75. The van der Waals surface area contributed by atoms with Crippen LogP contribution >= 0.6 is 0 Å². The lowest BCUT2D eigenvalue weighted by atomic mass is 10.2. The van der Waals surface area contributed by atoms with Crippen LogP contribution in [0.2, 0.25) is 0 Å². The third kappa shape index (κ3) is 3.18. The van der Waals surface area contributed by atoms with E-state index in [1.54, 1.807) is 12.1 Å². The van der Waals surface area contributed by atoms with Crippen molar-refractivity contribution in [3.8, 4) is 11.8 Å². The maximum Gasteiger partial charge on any atom is 0.354 e. The zero-order valence-corrected chi connectivity index (χ0v) is 11.5. The Balaban J connectivity index is 2.20. The van der Waals surface area contributed by atoms with Crippen molar-refractivity contribution in [1.29, 1.82) is 5.26 Å². The molecule has 20 heavy (non-hydrogen) atoms. The van der Waals surface area contributed by atoms with Crippen molar-refractivity contribution < 1.29 is 9.15 Å². The van der Waals surface area contributed by atoms with E-state index in [9.17, 15) is 4.79 Å². The molecule has 0 aliphatic heterocycles. The molecule has 0 atom stereocenters. The van der Waals surface area contributed by atoms with Crippen LogP contribution in [0.25, 0.3) is 11.0 Å². The van der Waals surface area contributed by atoms with E-state index in [0.717, 1.165) is 12.8 Å². The highest BCUT2D eigenvalue weighted by atomic mass is 16.5. The number of rotatable bonds is 6. The van der Waals surface area contributed by atoms with Gasteiger partial charge in [-0.05, 0) is 18.6 Å². The predicted octanol–water partition coefficient (Wildman–Crippen LogP) is 3.62. The topological polar surface area (TPSA) is 63.2 Å². The smallest absolute Gasteiger partial charge is 0.354 e. The lowest BCUT2D eigenvalue weighted by Gasteiger charge is -2.08. The number of hydrogen-bond donors (Lipinski definition) is 0. The second-order valence-electron chi connectivity index (χ2n) is 4.64. The number of fused-ring (bicyclic) bond motifs is 1. The second-order valence-corrected chi connectivity index (χ2v) is 4.64. The summed E-state index contributed by atoms with van der Waals surface area (Å²) >= 11 is 0. The third-order valence-electron chi connectivity index (χ3n) is 3.10. The molecule has 4 nitrogen and oxygen atoms in total. The van der Waals surface area contributed by atoms with Gasteiger partial charge in [-0.2, -0.15) is 5.26 Å². The molecular formula is C16H17NO3. The first-order valence-electron chi connectivity index (χ1n) is 6.86. The van der Waals surface area contributed by atoms with Crippen LogP contribution in [-0.2, 0) is 0 Å². The Bertz CT molecular complexity index is 682. The van der Waals surface area contributed by atoms with Gasteiger partial charge in [-0.15, -0.1) is 0 Å². The molecule has 2 aromatic rings. The van der Waals surface area contributed by atoms with Crippen molar-refractivity contribution in [1.82, 2.24) is 0 Å². The minimum absolute atomic E-state index is 0.0117. The molecule has 1 aromatic heterocycles. The Labute approximate surface area is 117 Å². The molecule has 0 saturated carbocycles. The van der Waals surface area contributed by atoms with E-state index in [4.69, 9.17) is 14.4 Å². The van der Waals surface area contributed by atoms with Gasteiger partial charge in [0.1, 0.15) is 11.6 Å². The molecule has 0 aliphatic carbocycles. The fraction of sp³-hybridized carbons (Fsp3) is 0.375. The molecule has 1 aromatic carbocycles. The van der Waals surface area contributed by atoms with E-state index in [-0.39, 0.29) is 5.56 Å². The molecule has 2 rings (SSSR count). The molecule has 1 heterocycles. The average Bonchev–Trinajstić information content (AvgIpc) is 2.46. The minimum atomic E-state index is -0.623. The fourth-order valence-corrected chi connectivity index (χ4v) is 2.02. The number of hydrogen-bond acceptors (Lipinski definition) is 4. The first-order chi connectivity index (χ1) is 9.76. The average molecular weight is 271 g/mol. The molecule has 0 spiro atoms. The molecule has 0 N–H and O–H groups in total. The summed E-state index contributed by atoms with van der Waals surface area (Å²) in [5.74, 6) is 0.556. The highest BCUT2D eigenvalue weighted by Gasteiger charge is 2.09. The number of ether oxygens (including phenoxy) is 1. The van der Waals surface area contributed by atoms with Crippen LogP contribution in [0.4, 0.5) is 0 Å². The zero-order valence-electron chi connectivity index (χ0n) is 11.5. The standard InChI is InChI=1S/C16H17NO3/c1-2-3-4-5-9-19-14-8-6-7-12-10-13(11-17)16(18)20-15(12)14/h6-8,10H,2-5,9H2,1H3. The van der Waals surface area contributed by atoms with Gasteiger partial charge < -0.3 is 9.15 Å². The summed E-state index contributed by atoms with van der Waals surface area (Å²) in [6.07, 6.45) is 4.48. The number of nitrogens with zero attached hydrogens (tertiary/aromatic N) is 1. The van der Waals surface area contributed by atoms with Gasteiger partial charge in [0.15, 0.2) is 11.3 Å². The van der Waals surface area contributed by atoms with E-state index < -0.39 is 5.63 Å². The molecular weight excluding hydrogens is 254 g/mol. The summed E-state index contributed by atoms with van der Waals surface area (Å²) in [7, 11) is 0. The van der Waals surface area contributed by atoms with Gasteiger partial charge >= 0.3 is 5.63 Å². The summed E-state index contributed by atoms with van der Waals surface area (Å²) in [5.41, 5.74) is -0.202. The van der Waals surface area contributed by atoms with E-state index in [0.29, 0.717) is 23.3 Å². The second kappa shape index (κ2) is 6.76. The van der Waals surface area contributed by atoms with E-state index in [1.165, 1.54) is 18.9 Å². The largest absolute Gasteiger partial charge is 0.490 e. The van der Waals surface area contributed by atoms with E-state index >= 15 is 0 Å². The van der Waals surface area contributed by atoms with Crippen molar-refractivity contribution >= 4 is 11.0 Å². The Morgan fingerprint density at radius 2 is 2.15 bits per heavy atom. The van der Waals surface area contributed by atoms with Gasteiger partial charge in [0, 0.05) is 5.39 Å². The van der Waals surface area contributed by atoms with E-state index in [2.05, 4.69) is 6.92 Å². The predicted molar refractivity (Wildman–Crippen MR) is 76.8 cm³/mol. The van der Waals surface area contributed by atoms with Crippen LogP contribution in [0.15, 0.2) is 33.5 Å². The monoisotopic (exact) mass is 271 g/mol. The van der Waals surface area contributed by atoms with Crippen LogP contribution in [0.3, 0.4) is 0 Å². The Kier molecular flexibility index (Phi) is 4.78. The third-order valence-corrected chi connectivity index (χ3v) is 3.10. The van der Waals surface area contributed by atoms with Gasteiger partial charge in [0.05, 0.1) is 6.61 Å². The minimum Gasteiger partial charge on any atom is -0.490 e. The van der Waals surface area contributed by atoms with E-state index in [1.807, 2.05) is 12.1 Å². The molecule has 0 unspecified atom stereocenters. The highest BCUT2D eigenvalue weighted by Crippen LogP contribution is 2.25. The SMILES string of the molecule is CCCCCCOc1cccc2cc(C#N)c(=O)oc12. The molecule has 0 amide bonds. The lowest BCUT2D eigenvalue weighted by molar-refractivity contribution is 0.303. The molecule has 0 fully saturated rings. The Morgan fingerprint density at radius 1 is 1.30 bits per heavy atom. The first kappa shape index (κ1) is 14.1. The molecule has 104 valence electrons. The molecule has 0 radical (unpaired) electrons. The number of para-hydroxylation sites is 1. The number of benzene rings is 1. The summed E-state index contributed by atoms with van der Waals surface area (Å²) in [5, 5.41) is 9.53. The quantitative estimate of drug-likeness (QED) is 0.594. The van der Waals surface area contributed by atoms with Gasteiger partial charge in [-0.3, -0.25) is 0 Å². The van der Waals surface area contributed by atoms with Crippen molar-refractivity contribution in [2.24, 2.45) is 0 Å². The highest BCUT2D eigenvalue weighted by molar-refractivity contribution is 5.83. The fourth-order valence-electron chi connectivity index (χ4n) is 2.02. The summed E-state index contributed by atoms with van der Waals surface area (Å²) in [6.45, 7) is 2.76. The normalized spacial score (nSPS) is 10.4. The van der Waals surface area contributed by atoms with Crippen LogP contribution in [0, 0.1) is 11.3 Å². The Hall–Kier alpha value is -2.28. The first-order valence-corrected chi connectivity index (χ1v) is 6.86. The van der Waals surface area contributed by atoms with Gasteiger partial charge in [-0.25, -0.2) is 4.79 Å². The van der Waals surface area contributed by atoms with Gasteiger partial charge in [-0.1, -0.05) is 38.3 Å². The van der Waals surface area contributed by atoms with Crippen LogP contribution < -0.4 is 10.4 Å².